The first-order valence-corrected chi connectivity index (χ1v) is 8.81. The van der Waals surface area contributed by atoms with Crippen molar-refractivity contribution < 1.29 is 22.0 Å². The highest BCUT2D eigenvalue weighted by Gasteiger charge is 2.32. The average Bonchev–Trinajstić information content (AvgIpc) is 2.87. The van der Waals surface area contributed by atoms with Gasteiger partial charge in [-0.15, -0.1) is 0 Å². The number of benzene rings is 1. The van der Waals surface area contributed by atoms with Crippen LogP contribution in [-0.2, 0) is 9.05 Å². The van der Waals surface area contributed by atoms with Crippen LogP contribution in [0.25, 0.3) is 0 Å². The Bertz CT molecular complexity index is 678. The molecule has 0 aliphatic carbocycles. The molecule has 0 spiro atoms. The number of hydrogen-bond acceptors (Lipinski definition) is 3. The summed E-state index contributed by atoms with van der Waals surface area (Å²) in [7, 11) is 0.868. The van der Waals surface area contributed by atoms with Crippen molar-refractivity contribution in [3.05, 3.63) is 29.3 Å². The molecule has 0 bridgehead atoms. The van der Waals surface area contributed by atoms with Crippen molar-refractivity contribution in [2.24, 2.45) is 0 Å². The van der Waals surface area contributed by atoms with E-state index in [2.05, 4.69) is 0 Å². The minimum absolute atomic E-state index is 0.0310. The molecule has 116 valence electrons. The molecule has 1 aliphatic rings. The van der Waals surface area contributed by atoms with Crippen molar-refractivity contribution in [2.75, 3.05) is 6.54 Å². The Kier molecular flexibility index (Phi) is 4.53. The van der Waals surface area contributed by atoms with Crippen LogP contribution in [0, 0.1) is 11.6 Å². The maximum atomic E-state index is 13.4. The zero-order chi connectivity index (χ0) is 15.8. The third-order valence-corrected chi connectivity index (χ3v) is 4.99. The Balaban J connectivity index is 2.52. The van der Waals surface area contributed by atoms with Gasteiger partial charge in [-0.05, 0) is 31.4 Å². The summed E-state index contributed by atoms with van der Waals surface area (Å²) in [6, 6.07) is 1.01. The second kappa shape index (κ2) is 5.88. The molecule has 1 saturated heterocycles. The summed E-state index contributed by atoms with van der Waals surface area (Å²) in [5.74, 6) is -3.29. The fourth-order valence-electron chi connectivity index (χ4n) is 2.58. The van der Waals surface area contributed by atoms with Crippen LogP contribution in [0.2, 0.25) is 0 Å². The van der Waals surface area contributed by atoms with Gasteiger partial charge in [0.25, 0.3) is 15.0 Å². The molecule has 1 unspecified atom stereocenters. The second-order valence-corrected chi connectivity index (χ2v) is 7.44. The van der Waals surface area contributed by atoms with Gasteiger partial charge in [-0.2, -0.15) is 0 Å². The number of amides is 1. The molecule has 1 aliphatic heterocycles. The molecule has 2 rings (SSSR count). The van der Waals surface area contributed by atoms with Crippen molar-refractivity contribution in [3.63, 3.8) is 0 Å². The highest BCUT2D eigenvalue weighted by atomic mass is 35.7. The van der Waals surface area contributed by atoms with Gasteiger partial charge < -0.3 is 4.90 Å². The highest BCUT2D eigenvalue weighted by molar-refractivity contribution is 8.13. The summed E-state index contributed by atoms with van der Waals surface area (Å²) in [5, 5.41) is 0. The maximum absolute atomic E-state index is 13.4. The molecule has 21 heavy (non-hydrogen) atoms. The molecule has 1 fully saturated rings. The lowest BCUT2D eigenvalue weighted by Gasteiger charge is -2.24. The molecule has 0 N–H and O–H groups in total. The van der Waals surface area contributed by atoms with Gasteiger partial charge in [-0.1, -0.05) is 6.92 Å². The summed E-state index contributed by atoms with van der Waals surface area (Å²) in [4.78, 5) is 13.2. The molecule has 0 radical (unpaired) electrons. The zero-order valence-corrected chi connectivity index (χ0v) is 12.8. The fourth-order valence-corrected chi connectivity index (χ4v) is 3.62. The van der Waals surface area contributed by atoms with Crippen molar-refractivity contribution in [1.82, 2.24) is 4.90 Å². The number of rotatable bonds is 3. The van der Waals surface area contributed by atoms with Crippen LogP contribution in [0.3, 0.4) is 0 Å². The molecule has 1 heterocycles. The molecule has 1 atom stereocenters. The van der Waals surface area contributed by atoms with Gasteiger partial charge in [0.05, 0.1) is 10.5 Å². The van der Waals surface area contributed by atoms with E-state index in [1.807, 2.05) is 6.92 Å². The maximum Gasteiger partial charge on any atom is 0.262 e. The standard InChI is InChI=1S/C13H14ClF2NO3S/c1-2-8-4-3-5-17(8)13(18)9-6-10(15)11(16)7-12(9)21(14,19)20/h6-8H,2-5H2,1H3. The van der Waals surface area contributed by atoms with Gasteiger partial charge >= 0.3 is 0 Å². The summed E-state index contributed by atoms with van der Waals surface area (Å²) >= 11 is 0. The van der Waals surface area contributed by atoms with Crippen molar-refractivity contribution >= 4 is 25.6 Å². The Hall–Kier alpha value is -1.21. The second-order valence-electron chi connectivity index (χ2n) is 4.90. The van der Waals surface area contributed by atoms with Crippen LogP contribution >= 0.6 is 10.7 Å². The van der Waals surface area contributed by atoms with E-state index >= 15 is 0 Å². The monoisotopic (exact) mass is 337 g/mol. The van der Waals surface area contributed by atoms with E-state index in [4.69, 9.17) is 10.7 Å². The van der Waals surface area contributed by atoms with Crippen LogP contribution in [0.4, 0.5) is 8.78 Å². The Morgan fingerprint density at radius 1 is 1.38 bits per heavy atom. The number of likely N-dealkylation sites (tertiary alicyclic amines) is 1. The quantitative estimate of drug-likeness (QED) is 0.797. The predicted molar refractivity (Wildman–Crippen MR) is 73.7 cm³/mol. The van der Waals surface area contributed by atoms with Crippen molar-refractivity contribution in [2.45, 2.75) is 37.1 Å². The number of hydrogen-bond donors (Lipinski definition) is 0. The van der Waals surface area contributed by atoms with Gasteiger partial charge in [-0.3, -0.25) is 4.79 Å². The first-order valence-electron chi connectivity index (χ1n) is 6.50. The largest absolute Gasteiger partial charge is 0.336 e. The molecule has 1 aromatic rings. The van der Waals surface area contributed by atoms with E-state index < -0.39 is 37.1 Å². The topological polar surface area (TPSA) is 54.5 Å². The van der Waals surface area contributed by atoms with Gasteiger partial charge in [0, 0.05) is 23.3 Å². The van der Waals surface area contributed by atoms with E-state index in [-0.39, 0.29) is 6.04 Å². The van der Waals surface area contributed by atoms with Gasteiger partial charge in [-0.25, -0.2) is 17.2 Å². The van der Waals surface area contributed by atoms with E-state index in [9.17, 15) is 22.0 Å². The average molecular weight is 338 g/mol. The van der Waals surface area contributed by atoms with Crippen LogP contribution in [0.1, 0.15) is 36.5 Å². The summed E-state index contributed by atoms with van der Waals surface area (Å²) in [6.07, 6.45) is 2.30. The molecular weight excluding hydrogens is 324 g/mol. The Labute approximate surface area is 126 Å². The highest BCUT2D eigenvalue weighted by Crippen LogP contribution is 2.28. The fraction of sp³-hybridized carbons (Fsp3) is 0.462. The minimum Gasteiger partial charge on any atom is -0.336 e. The lowest BCUT2D eigenvalue weighted by Crippen LogP contribution is -2.35. The van der Waals surface area contributed by atoms with E-state index in [0.29, 0.717) is 25.1 Å². The normalized spacial score (nSPS) is 19.0. The minimum atomic E-state index is -4.35. The first-order chi connectivity index (χ1) is 9.75. The molecule has 8 heteroatoms. The summed E-state index contributed by atoms with van der Waals surface area (Å²) in [6.45, 7) is 2.36. The SMILES string of the molecule is CCC1CCCN1C(=O)c1cc(F)c(F)cc1S(=O)(=O)Cl. The van der Waals surface area contributed by atoms with Crippen LogP contribution in [0.5, 0.6) is 0 Å². The van der Waals surface area contributed by atoms with Gasteiger partial charge in [0.1, 0.15) is 0 Å². The molecule has 4 nitrogen and oxygen atoms in total. The number of halogens is 3. The summed E-state index contributed by atoms with van der Waals surface area (Å²) < 4.78 is 49.6. The Morgan fingerprint density at radius 3 is 2.57 bits per heavy atom. The molecule has 1 aromatic carbocycles. The third-order valence-electron chi connectivity index (χ3n) is 3.62. The molecular formula is C13H14ClF2NO3S. The van der Waals surface area contributed by atoms with E-state index in [1.54, 1.807) is 0 Å². The van der Waals surface area contributed by atoms with Gasteiger partial charge in [0.15, 0.2) is 11.6 Å². The zero-order valence-electron chi connectivity index (χ0n) is 11.3. The van der Waals surface area contributed by atoms with Crippen molar-refractivity contribution in [1.29, 1.82) is 0 Å². The number of carbonyl (C=O) groups excluding carboxylic acids is 1. The number of nitrogens with zero attached hydrogens (tertiary/aromatic N) is 1. The lowest BCUT2D eigenvalue weighted by molar-refractivity contribution is 0.0729. The van der Waals surface area contributed by atoms with E-state index in [1.165, 1.54) is 4.90 Å². The predicted octanol–water partition coefficient (Wildman–Crippen LogP) is 2.91. The van der Waals surface area contributed by atoms with Crippen molar-refractivity contribution in [3.8, 4) is 0 Å². The smallest absolute Gasteiger partial charge is 0.262 e. The number of carbonyl (C=O) groups is 1. The van der Waals surface area contributed by atoms with Gasteiger partial charge in [0.2, 0.25) is 0 Å². The summed E-state index contributed by atoms with van der Waals surface area (Å²) in [5.41, 5.74) is -0.427. The first kappa shape index (κ1) is 16.2. The molecule has 0 aromatic heterocycles. The van der Waals surface area contributed by atoms with Crippen LogP contribution in [-0.4, -0.2) is 31.8 Å². The molecule has 1 amide bonds. The van der Waals surface area contributed by atoms with Crippen LogP contribution in [0.15, 0.2) is 17.0 Å². The van der Waals surface area contributed by atoms with E-state index in [0.717, 1.165) is 12.8 Å². The Morgan fingerprint density at radius 2 is 2.00 bits per heavy atom. The van der Waals surface area contributed by atoms with Crippen LogP contribution < -0.4 is 0 Å². The third kappa shape index (κ3) is 3.18. The molecule has 0 saturated carbocycles. The lowest BCUT2D eigenvalue weighted by atomic mass is 10.1.